The number of halogens is 1. The summed E-state index contributed by atoms with van der Waals surface area (Å²) in [7, 11) is 1.62. The van der Waals surface area contributed by atoms with Crippen molar-refractivity contribution >= 4 is 35.2 Å². The molecule has 0 atom stereocenters. The number of aryl methyl sites for hydroxylation is 1. The van der Waals surface area contributed by atoms with Gasteiger partial charge < -0.3 is 10.1 Å². The number of rotatable bonds is 6. The highest BCUT2D eigenvalue weighted by Gasteiger charge is 2.19. The Bertz CT molecular complexity index is 1110. The fraction of sp³-hybridized carbons (Fsp3) is 0.286. The minimum atomic E-state index is -0.207. The number of anilines is 1. The van der Waals surface area contributed by atoms with Crippen LogP contribution in [-0.4, -0.2) is 41.8 Å². The number of aliphatic imine (C=N–C) groups is 1. The number of nitrogens with zero attached hydrogens (tertiary/aromatic N) is 4. The van der Waals surface area contributed by atoms with E-state index in [9.17, 15) is 4.79 Å². The number of methoxy groups -OCH3 is 1. The smallest absolute Gasteiger partial charge is 0.270 e. The predicted octanol–water partition coefficient (Wildman–Crippen LogP) is 2.84. The van der Waals surface area contributed by atoms with Gasteiger partial charge >= 0.3 is 0 Å². The summed E-state index contributed by atoms with van der Waals surface area (Å²) < 4.78 is 7.29. The standard InChI is InChI=1S/C21H23ClN6O2/c1-3-17-20(27-12-15(22)5-7-19(27)26-17)21(29)24-11-14-4-6-16(10-18(14)30-2)28-9-8-23-13-25-28/h4-7,10,12-13H,3,8-9,11H2,1-2H3,(H,23,25)(H,24,29). The Hall–Kier alpha value is -3.26. The fourth-order valence-electron chi connectivity index (χ4n) is 3.46. The zero-order valence-corrected chi connectivity index (χ0v) is 17.6. The van der Waals surface area contributed by atoms with Crippen molar-refractivity contribution in [3.63, 3.8) is 0 Å². The molecule has 1 aliphatic heterocycles. The zero-order valence-electron chi connectivity index (χ0n) is 16.9. The molecule has 0 aliphatic carbocycles. The molecule has 1 aromatic carbocycles. The van der Waals surface area contributed by atoms with Gasteiger partial charge in [-0.1, -0.05) is 24.6 Å². The molecule has 1 amide bonds. The Morgan fingerprint density at radius 2 is 2.20 bits per heavy atom. The average Bonchev–Trinajstić information content (AvgIpc) is 3.15. The topological polar surface area (TPSA) is 83.3 Å². The highest BCUT2D eigenvalue weighted by Crippen LogP contribution is 2.25. The number of hydrazine groups is 1. The number of ether oxygens (including phenoxy) is 1. The maximum absolute atomic E-state index is 13.0. The highest BCUT2D eigenvalue weighted by atomic mass is 35.5. The molecule has 8 nitrogen and oxygen atoms in total. The molecule has 0 radical (unpaired) electrons. The van der Waals surface area contributed by atoms with E-state index in [-0.39, 0.29) is 5.91 Å². The lowest BCUT2D eigenvalue weighted by molar-refractivity contribution is 0.0944. The van der Waals surface area contributed by atoms with E-state index in [0.717, 1.165) is 30.0 Å². The first-order valence-corrected chi connectivity index (χ1v) is 10.1. The molecule has 3 heterocycles. The van der Waals surface area contributed by atoms with Crippen LogP contribution in [0.15, 0.2) is 41.5 Å². The van der Waals surface area contributed by atoms with Crippen LogP contribution in [0.25, 0.3) is 5.65 Å². The van der Waals surface area contributed by atoms with Crippen LogP contribution < -0.4 is 20.5 Å². The molecule has 0 saturated carbocycles. The molecule has 4 rings (SSSR count). The molecule has 2 aromatic heterocycles. The third-order valence-corrected chi connectivity index (χ3v) is 5.21. The molecular formula is C21H23ClN6O2. The molecule has 0 fully saturated rings. The van der Waals surface area contributed by atoms with Crippen molar-refractivity contribution in [3.8, 4) is 5.75 Å². The molecule has 9 heteroatoms. The van der Waals surface area contributed by atoms with Crippen LogP contribution >= 0.6 is 11.6 Å². The summed E-state index contributed by atoms with van der Waals surface area (Å²) in [5.41, 5.74) is 6.88. The number of imidazole rings is 1. The monoisotopic (exact) mass is 426 g/mol. The normalized spacial score (nSPS) is 13.4. The van der Waals surface area contributed by atoms with E-state index in [1.807, 2.05) is 30.1 Å². The summed E-state index contributed by atoms with van der Waals surface area (Å²) in [6.45, 7) is 3.80. The van der Waals surface area contributed by atoms with Crippen LogP contribution in [0, 0.1) is 0 Å². The number of hydrogen-bond donors (Lipinski definition) is 2. The van der Waals surface area contributed by atoms with Gasteiger partial charge in [-0.25, -0.2) is 4.98 Å². The lowest BCUT2D eigenvalue weighted by Crippen LogP contribution is -2.42. The van der Waals surface area contributed by atoms with Gasteiger partial charge in [-0.15, -0.1) is 0 Å². The Morgan fingerprint density at radius 3 is 2.93 bits per heavy atom. The summed E-state index contributed by atoms with van der Waals surface area (Å²) in [6.07, 6.45) is 4.03. The highest BCUT2D eigenvalue weighted by molar-refractivity contribution is 6.30. The summed E-state index contributed by atoms with van der Waals surface area (Å²) in [5, 5.41) is 5.53. The lowest BCUT2D eigenvalue weighted by Gasteiger charge is -2.26. The van der Waals surface area contributed by atoms with Crippen LogP contribution in [-0.2, 0) is 13.0 Å². The van der Waals surface area contributed by atoms with E-state index in [1.165, 1.54) is 0 Å². The van der Waals surface area contributed by atoms with Crippen molar-refractivity contribution in [2.75, 3.05) is 25.2 Å². The third-order valence-electron chi connectivity index (χ3n) is 4.98. The number of fused-ring (bicyclic) bond motifs is 1. The van der Waals surface area contributed by atoms with E-state index < -0.39 is 0 Å². The molecule has 2 N–H and O–H groups in total. The third kappa shape index (κ3) is 3.91. The Kier molecular flexibility index (Phi) is 5.76. The van der Waals surface area contributed by atoms with Crippen LogP contribution in [0.1, 0.15) is 28.7 Å². The lowest BCUT2D eigenvalue weighted by atomic mass is 10.1. The van der Waals surface area contributed by atoms with Crippen molar-refractivity contribution in [1.29, 1.82) is 0 Å². The van der Waals surface area contributed by atoms with Crippen molar-refractivity contribution in [2.24, 2.45) is 4.99 Å². The molecule has 30 heavy (non-hydrogen) atoms. The van der Waals surface area contributed by atoms with Crippen molar-refractivity contribution in [2.45, 2.75) is 19.9 Å². The van der Waals surface area contributed by atoms with Gasteiger partial charge in [0.1, 0.15) is 23.4 Å². The number of benzene rings is 1. The van der Waals surface area contributed by atoms with Gasteiger partial charge in [-0.3, -0.25) is 24.6 Å². The summed E-state index contributed by atoms with van der Waals surface area (Å²) in [5.74, 6) is 0.496. The van der Waals surface area contributed by atoms with Gasteiger partial charge in [0.05, 0.1) is 36.6 Å². The molecule has 0 unspecified atom stereocenters. The maximum Gasteiger partial charge on any atom is 0.270 e. The largest absolute Gasteiger partial charge is 0.496 e. The Morgan fingerprint density at radius 1 is 1.33 bits per heavy atom. The van der Waals surface area contributed by atoms with Gasteiger partial charge in [-0.2, -0.15) is 0 Å². The van der Waals surface area contributed by atoms with Gasteiger partial charge in [0.2, 0.25) is 0 Å². The van der Waals surface area contributed by atoms with Gasteiger partial charge in [0.25, 0.3) is 5.91 Å². The van der Waals surface area contributed by atoms with Crippen molar-refractivity contribution in [3.05, 3.63) is 58.5 Å². The second kappa shape index (κ2) is 8.62. The number of carbonyl (C=O) groups is 1. The van der Waals surface area contributed by atoms with E-state index in [0.29, 0.717) is 35.1 Å². The predicted molar refractivity (Wildman–Crippen MR) is 118 cm³/mol. The Balaban J connectivity index is 1.55. The number of amides is 1. The van der Waals surface area contributed by atoms with Crippen LogP contribution in [0.3, 0.4) is 0 Å². The summed E-state index contributed by atoms with van der Waals surface area (Å²) in [6, 6.07) is 9.45. The van der Waals surface area contributed by atoms with E-state index in [2.05, 4.69) is 20.7 Å². The van der Waals surface area contributed by atoms with Crippen molar-refractivity contribution in [1.82, 2.24) is 20.1 Å². The number of aromatic nitrogens is 2. The molecule has 3 aromatic rings. The van der Waals surface area contributed by atoms with Crippen LogP contribution in [0.4, 0.5) is 5.69 Å². The van der Waals surface area contributed by atoms with Gasteiger partial charge in [-0.05, 0) is 24.6 Å². The Labute approximate surface area is 179 Å². The minimum Gasteiger partial charge on any atom is -0.496 e. The summed E-state index contributed by atoms with van der Waals surface area (Å²) >= 11 is 6.13. The number of hydrogen-bond acceptors (Lipinski definition) is 6. The van der Waals surface area contributed by atoms with E-state index in [4.69, 9.17) is 16.3 Å². The molecule has 156 valence electrons. The fourth-order valence-corrected chi connectivity index (χ4v) is 3.62. The number of nitrogens with one attached hydrogen (secondary N) is 2. The summed E-state index contributed by atoms with van der Waals surface area (Å²) in [4.78, 5) is 21.7. The molecule has 0 spiro atoms. The molecule has 0 saturated heterocycles. The van der Waals surface area contributed by atoms with Crippen LogP contribution in [0.5, 0.6) is 5.75 Å². The second-order valence-electron chi connectivity index (χ2n) is 6.83. The maximum atomic E-state index is 13.0. The molecular weight excluding hydrogens is 404 g/mol. The minimum absolute atomic E-state index is 0.207. The number of pyridine rings is 1. The van der Waals surface area contributed by atoms with Crippen LogP contribution in [0.2, 0.25) is 5.02 Å². The SMILES string of the molecule is CCc1nc2ccc(Cl)cn2c1C(=O)NCc1ccc(N2CCN=CN2)cc1OC. The van der Waals surface area contributed by atoms with E-state index >= 15 is 0 Å². The van der Waals surface area contributed by atoms with Gasteiger partial charge in [0, 0.05) is 24.4 Å². The first-order chi connectivity index (χ1) is 14.6. The van der Waals surface area contributed by atoms with Crippen molar-refractivity contribution < 1.29 is 9.53 Å². The van der Waals surface area contributed by atoms with E-state index in [1.54, 1.807) is 36.2 Å². The average molecular weight is 427 g/mol. The molecule has 1 aliphatic rings. The quantitative estimate of drug-likeness (QED) is 0.633. The number of carbonyl (C=O) groups excluding carboxylic acids is 1. The zero-order chi connectivity index (χ0) is 21.1. The first kappa shape index (κ1) is 20.0. The molecule has 0 bridgehead atoms. The first-order valence-electron chi connectivity index (χ1n) is 9.74. The van der Waals surface area contributed by atoms with Gasteiger partial charge in [0.15, 0.2) is 0 Å². The second-order valence-corrected chi connectivity index (χ2v) is 7.27.